The third-order valence-electron chi connectivity index (χ3n) is 5.34. The molecule has 0 aliphatic carbocycles. The molecule has 1 amide bonds. The van der Waals surface area contributed by atoms with Gasteiger partial charge in [0.2, 0.25) is 0 Å². The molecule has 0 aliphatic rings. The molecule has 2 heterocycles. The minimum absolute atomic E-state index is 0.215. The lowest BCUT2D eigenvalue weighted by atomic mass is 10.1. The van der Waals surface area contributed by atoms with E-state index in [1.54, 1.807) is 12.1 Å². The summed E-state index contributed by atoms with van der Waals surface area (Å²) in [5, 5.41) is 13.2. The van der Waals surface area contributed by atoms with Crippen molar-refractivity contribution in [1.82, 2.24) is 19.6 Å². The van der Waals surface area contributed by atoms with Gasteiger partial charge < -0.3 is 5.32 Å². The first-order chi connectivity index (χ1) is 15.3. The first-order valence-corrected chi connectivity index (χ1v) is 10.9. The zero-order valence-corrected chi connectivity index (χ0v) is 19.6. The van der Waals surface area contributed by atoms with Gasteiger partial charge in [0.1, 0.15) is 0 Å². The molecule has 0 radical (unpaired) electrons. The number of aromatic nitrogens is 4. The lowest BCUT2D eigenvalue weighted by molar-refractivity contribution is 0.102. The number of aryl methyl sites for hydroxylation is 2. The highest BCUT2D eigenvalue weighted by atomic mass is 35.5. The molecule has 0 atom stereocenters. The second-order valence-electron chi connectivity index (χ2n) is 7.71. The van der Waals surface area contributed by atoms with Gasteiger partial charge in [0.05, 0.1) is 29.5 Å². The highest BCUT2D eigenvalue weighted by Gasteiger charge is 2.13. The van der Waals surface area contributed by atoms with Crippen molar-refractivity contribution in [3.8, 4) is 0 Å². The molecule has 4 rings (SSSR count). The summed E-state index contributed by atoms with van der Waals surface area (Å²) in [5.74, 6) is 0.286. The molecule has 32 heavy (non-hydrogen) atoms. The van der Waals surface area contributed by atoms with Gasteiger partial charge in [0, 0.05) is 22.3 Å². The van der Waals surface area contributed by atoms with Crippen LogP contribution in [-0.4, -0.2) is 25.5 Å². The van der Waals surface area contributed by atoms with Crippen LogP contribution in [0.15, 0.2) is 54.6 Å². The largest absolute Gasteiger partial charge is 0.305 e. The van der Waals surface area contributed by atoms with E-state index in [0.717, 1.165) is 28.2 Å². The summed E-state index contributed by atoms with van der Waals surface area (Å²) in [5.41, 5.74) is 5.22. The second-order valence-corrected chi connectivity index (χ2v) is 8.50. The van der Waals surface area contributed by atoms with Crippen LogP contribution in [-0.2, 0) is 13.1 Å². The Balaban J connectivity index is 1.43. The predicted molar refractivity (Wildman–Crippen MR) is 128 cm³/mol. The van der Waals surface area contributed by atoms with Gasteiger partial charge in [-0.25, -0.2) is 0 Å². The highest BCUT2D eigenvalue weighted by Crippen LogP contribution is 2.21. The molecule has 4 aromatic rings. The Morgan fingerprint density at radius 1 is 0.938 bits per heavy atom. The number of benzene rings is 2. The standard InChI is InChI=1S/C24H23Cl2N5O/c1-15-12-22(29-30(15)14-20-6-4-5-7-21(20)25)27-24(32)19-10-8-18(9-11-19)13-31-17(3)23(26)16(2)28-31/h4-12H,13-14H2,1-3H3,(H,27,29,32). The van der Waals surface area contributed by atoms with Crippen molar-refractivity contribution in [3.63, 3.8) is 0 Å². The molecule has 6 nitrogen and oxygen atoms in total. The van der Waals surface area contributed by atoms with Gasteiger partial charge in [0.15, 0.2) is 5.82 Å². The summed E-state index contributed by atoms with van der Waals surface area (Å²) in [6.45, 7) is 6.90. The van der Waals surface area contributed by atoms with Crippen molar-refractivity contribution in [2.75, 3.05) is 5.32 Å². The molecule has 2 aromatic carbocycles. The zero-order chi connectivity index (χ0) is 22.8. The van der Waals surface area contributed by atoms with E-state index in [1.165, 1.54) is 0 Å². The minimum atomic E-state index is -0.215. The van der Waals surface area contributed by atoms with Gasteiger partial charge in [0.25, 0.3) is 5.91 Å². The van der Waals surface area contributed by atoms with Gasteiger partial charge in [-0.15, -0.1) is 0 Å². The third-order valence-corrected chi connectivity index (χ3v) is 6.26. The van der Waals surface area contributed by atoms with Gasteiger partial charge in [-0.05, 0) is 50.1 Å². The number of anilines is 1. The van der Waals surface area contributed by atoms with Crippen molar-refractivity contribution in [1.29, 1.82) is 0 Å². The summed E-state index contributed by atoms with van der Waals surface area (Å²) in [6, 6.07) is 16.9. The summed E-state index contributed by atoms with van der Waals surface area (Å²) < 4.78 is 3.68. The van der Waals surface area contributed by atoms with Gasteiger partial charge >= 0.3 is 0 Å². The number of carbonyl (C=O) groups excluding carboxylic acids is 1. The average molecular weight is 468 g/mol. The van der Waals surface area contributed by atoms with E-state index >= 15 is 0 Å². The lowest BCUT2D eigenvalue weighted by Gasteiger charge is -2.07. The van der Waals surface area contributed by atoms with E-state index in [-0.39, 0.29) is 5.91 Å². The Kier molecular flexibility index (Phi) is 6.35. The number of nitrogens with one attached hydrogen (secondary N) is 1. The van der Waals surface area contributed by atoms with Gasteiger partial charge in [-0.3, -0.25) is 14.2 Å². The maximum absolute atomic E-state index is 12.7. The van der Waals surface area contributed by atoms with Crippen LogP contribution in [0.1, 0.15) is 38.6 Å². The van der Waals surface area contributed by atoms with Crippen LogP contribution in [0.2, 0.25) is 10.0 Å². The van der Waals surface area contributed by atoms with Crippen LogP contribution in [0.4, 0.5) is 5.82 Å². The number of hydrogen-bond acceptors (Lipinski definition) is 3. The number of carbonyl (C=O) groups is 1. The summed E-state index contributed by atoms with van der Waals surface area (Å²) in [6.07, 6.45) is 0. The summed E-state index contributed by atoms with van der Waals surface area (Å²) in [4.78, 5) is 12.7. The fourth-order valence-corrected chi connectivity index (χ4v) is 3.80. The van der Waals surface area contributed by atoms with Crippen LogP contribution >= 0.6 is 23.2 Å². The summed E-state index contributed by atoms with van der Waals surface area (Å²) in [7, 11) is 0. The highest BCUT2D eigenvalue weighted by molar-refractivity contribution is 6.32. The van der Waals surface area contributed by atoms with Gasteiger partial charge in [-0.1, -0.05) is 53.5 Å². The fraction of sp³-hybridized carbons (Fsp3) is 0.208. The summed E-state index contributed by atoms with van der Waals surface area (Å²) >= 11 is 12.5. The fourth-order valence-electron chi connectivity index (χ4n) is 3.47. The molecule has 164 valence electrons. The van der Waals surface area contributed by atoms with Crippen molar-refractivity contribution in [2.45, 2.75) is 33.9 Å². The van der Waals surface area contributed by atoms with E-state index in [9.17, 15) is 4.79 Å². The molecule has 0 saturated heterocycles. The first-order valence-electron chi connectivity index (χ1n) is 10.2. The van der Waals surface area contributed by atoms with Crippen LogP contribution in [0.3, 0.4) is 0 Å². The van der Waals surface area contributed by atoms with Crippen LogP contribution < -0.4 is 5.32 Å². The SMILES string of the molecule is Cc1nn(Cc2ccc(C(=O)Nc3cc(C)n(Cc4ccccc4Cl)n3)cc2)c(C)c1Cl. The van der Waals surface area contributed by atoms with E-state index in [1.807, 2.05) is 72.6 Å². The smallest absolute Gasteiger partial charge is 0.256 e. The maximum atomic E-state index is 12.7. The van der Waals surface area contributed by atoms with E-state index in [4.69, 9.17) is 23.2 Å². The molecule has 1 N–H and O–H groups in total. The van der Waals surface area contributed by atoms with Crippen LogP contribution in [0.25, 0.3) is 0 Å². The number of rotatable bonds is 6. The van der Waals surface area contributed by atoms with Crippen LogP contribution in [0.5, 0.6) is 0 Å². The topological polar surface area (TPSA) is 64.7 Å². The first kappa shape index (κ1) is 22.1. The molecule has 0 spiro atoms. The molecule has 0 fully saturated rings. The quantitative estimate of drug-likeness (QED) is 0.397. The Morgan fingerprint density at radius 2 is 1.66 bits per heavy atom. The average Bonchev–Trinajstić information content (AvgIpc) is 3.23. The normalized spacial score (nSPS) is 11.0. The van der Waals surface area contributed by atoms with Crippen molar-refractivity contribution in [2.24, 2.45) is 0 Å². The van der Waals surface area contributed by atoms with E-state index in [0.29, 0.717) is 34.5 Å². The molecule has 8 heteroatoms. The van der Waals surface area contributed by atoms with E-state index in [2.05, 4.69) is 15.5 Å². The maximum Gasteiger partial charge on any atom is 0.256 e. The van der Waals surface area contributed by atoms with Crippen LogP contribution in [0, 0.1) is 20.8 Å². The van der Waals surface area contributed by atoms with Crippen molar-refractivity contribution in [3.05, 3.63) is 98.4 Å². The van der Waals surface area contributed by atoms with Crippen molar-refractivity contribution < 1.29 is 4.79 Å². The number of halogens is 2. The van der Waals surface area contributed by atoms with E-state index < -0.39 is 0 Å². The Morgan fingerprint density at radius 3 is 2.31 bits per heavy atom. The molecule has 0 bridgehead atoms. The van der Waals surface area contributed by atoms with Crippen molar-refractivity contribution >= 4 is 34.9 Å². The molecule has 0 unspecified atom stereocenters. The minimum Gasteiger partial charge on any atom is -0.305 e. The number of amides is 1. The van der Waals surface area contributed by atoms with Gasteiger partial charge in [-0.2, -0.15) is 10.2 Å². The third kappa shape index (κ3) is 4.71. The Bertz CT molecular complexity index is 1270. The number of hydrogen-bond donors (Lipinski definition) is 1. The Hall–Kier alpha value is -3.09. The molecular formula is C24H23Cl2N5O. The molecule has 0 saturated carbocycles. The lowest BCUT2D eigenvalue weighted by Crippen LogP contribution is -2.13. The molecular weight excluding hydrogens is 445 g/mol. The predicted octanol–water partition coefficient (Wildman–Crippen LogP) is 5.66. The monoisotopic (exact) mass is 467 g/mol. The Labute approximate surface area is 196 Å². The second kappa shape index (κ2) is 9.18. The molecule has 0 aliphatic heterocycles. The molecule has 2 aromatic heterocycles. The number of nitrogens with zero attached hydrogens (tertiary/aromatic N) is 4. The zero-order valence-electron chi connectivity index (χ0n) is 18.1.